The number of esters is 1. The molecule has 0 amide bonds. The summed E-state index contributed by atoms with van der Waals surface area (Å²) in [6.07, 6.45) is 41.1. The van der Waals surface area contributed by atoms with Gasteiger partial charge in [0.05, 0.1) is 34.4 Å². The summed E-state index contributed by atoms with van der Waals surface area (Å²) in [5, 5.41) is 0. The molecule has 0 saturated carbocycles. The number of quaternary nitrogens is 1. The summed E-state index contributed by atoms with van der Waals surface area (Å²) in [5.74, 6) is -0.348. The van der Waals surface area contributed by atoms with Gasteiger partial charge in [-0.25, -0.2) is 4.57 Å². The number of ether oxygens (including phenoxy) is 2. The van der Waals surface area contributed by atoms with Gasteiger partial charge in [0, 0.05) is 13.0 Å². The fraction of sp³-hybridized carbons (Fsp3) is 0.732. The number of allylic oxidation sites excluding steroid dienone is 10. The van der Waals surface area contributed by atoms with Crippen molar-refractivity contribution in [3.05, 3.63) is 60.8 Å². The number of hydrogen-bond donors (Lipinski definition) is 1. The fourth-order valence-corrected chi connectivity index (χ4v) is 5.55. The van der Waals surface area contributed by atoms with Crippen molar-refractivity contribution >= 4 is 13.8 Å². The number of likely N-dealkylation sites (N-methyl/N-ethyl adjacent to an activating group) is 1. The van der Waals surface area contributed by atoms with Crippen LogP contribution in [0, 0.1) is 0 Å². The Balaban J connectivity index is 4.34. The largest absolute Gasteiger partial charge is 0.472 e. The van der Waals surface area contributed by atoms with Crippen molar-refractivity contribution in [3.63, 3.8) is 0 Å². The van der Waals surface area contributed by atoms with Crippen molar-refractivity contribution in [1.29, 1.82) is 0 Å². The second-order valence-corrected chi connectivity index (χ2v) is 15.4. The Hall–Kier alpha value is -1.80. The summed E-state index contributed by atoms with van der Waals surface area (Å²) in [5.41, 5.74) is 0. The van der Waals surface area contributed by atoms with Crippen LogP contribution in [-0.4, -0.2) is 75.6 Å². The highest BCUT2D eigenvalue weighted by Gasteiger charge is 2.26. The molecule has 0 spiro atoms. The Labute approximate surface area is 307 Å². The van der Waals surface area contributed by atoms with E-state index in [0.29, 0.717) is 17.6 Å². The van der Waals surface area contributed by atoms with E-state index in [2.05, 4.69) is 74.6 Å². The van der Waals surface area contributed by atoms with Crippen LogP contribution in [0.25, 0.3) is 0 Å². The zero-order valence-corrected chi connectivity index (χ0v) is 33.5. The minimum atomic E-state index is -4.28. The van der Waals surface area contributed by atoms with E-state index in [9.17, 15) is 14.3 Å². The van der Waals surface area contributed by atoms with Gasteiger partial charge in [-0.3, -0.25) is 13.8 Å². The first-order valence-corrected chi connectivity index (χ1v) is 21.0. The molecule has 0 fully saturated rings. The van der Waals surface area contributed by atoms with E-state index in [4.69, 9.17) is 18.5 Å². The molecule has 8 nitrogen and oxygen atoms in total. The molecule has 2 unspecified atom stereocenters. The van der Waals surface area contributed by atoms with E-state index in [0.717, 1.165) is 70.6 Å². The number of hydrogen-bond acceptors (Lipinski definition) is 6. The number of phosphoric acid groups is 1. The number of nitrogens with zero attached hydrogens (tertiary/aromatic N) is 1. The van der Waals surface area contributed by atoms with Crippen LogP contribution in [0.5, 0.6) is 0 Å². The van der Waals surface area contributed by atoms with Gasteiger partial charge in [0.1, 0.15) is 19.3 Å². The van der Waals surface area contributed by atoms with E-state index in [1.807, 2.05) is 21.1 Å². The molecule has 290 valence electrons. The van der Waals surface area contributed by atoms with Crippen LogP contribution in [0.3, 0.4) is 0 Å². The SMILES string of the molecule is CC/C=C\C/C=C\C/C=C\C/C=C\C/C=C\CCCCCC(=O)OC(COCCCCCCCCCCC)COP(=O)(O)OCC[N+](C)(C)C. The third kappa shape index (κ3) is 37.5. The van der Waals surface area contributed by atoms with Gasteiger partial charge in [-0.05, 0) is 57.8 Å². The highest BCUT2D eigenvalue weighted by molar-refractivity contribution is 7.47. The van der Waals surface area contributed by atoms with Gasteiger partial charge in [-0.2, -0.15) is 0 Å². The molecule has 50 heavy (non-hydrogen) atoms. The van der Waals surface area contributed by atoms with Gasteiger partial charge in [-0.1, -0.05) is 132 Å². The van der Waals surface area contributed by atoms with Gasteiger partial charge in [0.25, 0.3) is 0 Å². The Bertz CT molecular complexity index is 984. The maximum atomic E-state index is 12.6. The van der Waals surface area contributed by atoms with E-state index < -0.39 is 13.9 Å². The van der Waals surface area contributed by atoms with E-state index in [-0.39, 0.29) is 32.2 Å². The van der Waals surface area contributed by atoms with Crippen molar-refractivity contribution in [2.24, 2.45) is 0 Å². The van der Waals surface area contributed by atoms with Crippen LogP contribution < -0.4 is 0 Å². The third-order valence-corrected chi connectivity index (χ3v) is 8.83. The molecule has 0 heterocycles. The second-order valence-electron chi connectivity index (χ2n) is 13.9. The number of phosphoric ester groups is 1. The molecule has 0 bridgehead atoms. The fourth-order valence-electron chi connectivity index (χ4n) is 4.81. The maximum Gasteiger partial charge on any atom is 0.472 e. The first-order chi connectivity index (χ1) is 24.1. The number of unbranched alkanes of at least 4 members (excludes halogenated alkanes) is 11. The minimum Gasteiger partial charge on any atom is -0.457 e. The van der Waals surface area contributed by atoms with E-state index >= 15 is 0 Å². The Morgan fingerprint density at radius 2 is 1.16 bits per heavy atom. The van der Waals surface area contributed by atoms with Crippen molar-refractivity contribution in [2.45, 2.75) is 142 Å². The molecule has 0 aliphatic heterocycles. The quantitative estimate of drug-likeness (QED) is 0.0229. The summed E-state index contributed by atoms with van der Waals surface area (Å²) in [4.78, 5) is 22.8. The normalized spacial score (nSPS) is 14.6. The lowest BCUT2D eigenvalue weighted by Crippen LogP contribution is -2.37. The molecule has 1 N–H and O–H groups in total. The van der Waals surface area contributed by atoms with E-state index in [1.165, 1.54) is 44.9 Å². The van der Waals surface area contributed by atoms with Crippen LogP contribution in [0.15, 0.2) is 60.8 Å². The van der Waals surface area contributed by atoms with Crippen molar-refractivity contribution in [3.8, 4) is 0 Å². The molecular weight excluding hydrogens is 649 g/mol. The van der Waals surface area contributed by atoms with Crippen LogP contribution in [-0.2, 0) is 27.9 Å². The van der Waals surface area contributed by atoms with Gasteiger partial charge in [0.2, 0.25) is 0 Å². The molecule has 0 saturated heterocycles. The molecule has 0 aromatic carbocycles. The van der Waals surface area contributed by atoms with Gasteiger partial charge < -0.3 is 18.9 Å². The summed E-state index contributed by atoms with van der Waals surface area (Å²) in [6, 6.07) is 0. The first-order valence-electron chi connectivity index (χ1n) is 19.5. The zero-order chi connectivity index (χ0) is 37.0. The summed E-state index contributed by atoms with van der Waals surface area (Å²) < 4.78 is 34.8. The van der Waals surface area contributed by atoms with Crippen molar-refractivity contribution in [2.75, 3.05) is 54.1 Å². The molecule has 0 aliphatic rings. The average molecular weight is 725 g/mol. The molecule has 0 aliphatic carbocycles. The Kier molecular flexibility index (Phi) is 33.1. The molecule has 0 aromatic heterocycles. The lowest BCUT2D eigenvalue weighted by molar-refractivity contribution is -0.870. The second kappa shape index (κ2) is 34.3. The smallest absolute Gasteiger partial charge is 0.457 e. The molecule has 0 aromatic rings. The lowest BCUT2D eigenvalue weighted by atomic mass is 10.1. The average Bonchev–Trinajstić information content (AvgIpc) is 3.06. The monoisotopic (exact) mass is 725 g/mol. The topological polar surface area (TPSA) is 91.3 Å². The van der Waals surface area contributed by atoms with Gasteiger partial charge >= 0.3 is 13.8 Å². The predicted molar refractivity (Wildman–Crippen MR) is 210 cm³/mol. The maximum absolute atomic E-state index is 12.6. The molecular formula is C41H75NO7P+. The first kappa shape index (κ1) is 48.2. The molecule has 9 heteroatoms. The Morgan fingerprint density at radius 3 is 1.72 bits per heavy atom. The predicted octanol–water partition coefficient (Wildman–Crippen LogP) is 11.0. The highest BCUT2D eigenvalue weighted by atomic mass is 31.2. The number of carbonyl (C=O) groups is 1. The van der Waals surface area contributed by atoms with Crippen LogP contribution in [0.4, 0.5) is 0 Å². The minimum absolute atomic E-state index is 0.0798. The highest BCUT2D eigenvalue weighted by Crippen LogP contribution is 2.43. The summed E-state index contributed by atoms with van der Waals surface area (Å²) in [6.45, 7) is 5.42. The summed E-state index contributed by atoms with van der Waals surface area (Å²) >= 11 is 0. The molecule has 0 radical (unpaired) electrons. The lowest BCUT2D eigenvalue weighted by Gasteiger charge is -2.24. The zero-order valence-electron chi connectivity index (χ0n) is 32.6. The van der Waals surface area contributed by atoms with Gasteiger partial charge in [0.15, 0.2) is 0 Å². The van der Waals surface area contributed by atoms with Crippen molar-refractivity contribution in [1.82, 2.24) is 0 Å². The molecule has 2 atom stereocenters. The van der Waals surface area contributed by atoms with E-state index in [1.54, 1.807) is 0 Å². The van der Waals surface area contributed by atoms with Crippen LogP contribution >= 0.6 is 7.82 Å². The third-order valence-electron chi connectivity index (χ3n) is 7.84. The van der Waals surface area contributed by atoms with Gasteiger partial charge in [-0.15, -0.1) is 0 Å². The van der Waals surface area contributed by atoms with Crippen molar-refractivity contribution < 1.29 is 37.3 Å². The van der Waals surface area contributed by atoms with Crippen LogP contribution in [0.1, 0.15) is 136 Å². The number of rotatable bonds is 35. The standard InChI is InChI=1S/C41H74NO7P/c1-6-8-10-12-14-16-17-18-19-20-21-22-23-24-25-26-28-30-32-34-41(43)49-40(39-48-50(44,45)47-37-35-42(3,4)5)38-46-36-33-31-29-27-15-13-11-9-7-2/h8,10,14,16,18-19,21-22,24-25,40H,6-7,9,11-13,15,17,20,23,26-39H2,1-5H3/p+1/b10-8-,16-14-,19-18-,22-21-,25-24-. The number of carbonyl (C=O) groups excluding carboxylic acids is 1. The van der Waals surface area contributed by atoms with Crippen LogP contribution in [0.2, 0.25) is 0 Å². The summed E-state index contributed by atoms with van der Waals surface area (Å²) in [7, 11) is 1.63. The molecule has 0 rings (SSSR count). The Morgan fingerprint density at radius 1 is 0.640 bits per heavy atom.